The van der Waals surface area contributed by atoms with Crippen molar-refractivity contribution >= 4 is 17.5 Å². The number of ether oxygens (including phenoxy) is 2. The molecule has 0 aliphatic heterocycles. The lowest BCUT2D eigenvalue weighted by atomic mass is 10.0. The van der Waals surface area contributed by atoms with Gasteiger partial charge in [-0.05, 0) is 36.8 Å². The molecule has 0 bridgehead atoms. The fourth-order valence-corrected chi connectivity index (χ4v) is 3.14. The SMILES string of the molecule is CCOc1cc(/C=C(\C#N)C(=O)c2cccc([N+](=O)[O-])c2)ccc1OCc1ccccc1C#N. The third-order valence-electron chi connectivity index (χ3n) is 4.78. The van der Waals surface area contributed by atoms with Gasteiger partial charge in [-0.1, -0.05) is 36.4 Å². The topological polar surface area (TPSA) is 126 Å². The molecular weight excluding hydrogens is 434 g/mol. The molecule has 168 valence electrons. The van der Waals surface area contributed by atoms with Crippen molar-refractivity contribution in [2.75, 3.05) is 6.61 Å². The van der Waals surface area contributed by atoms with Crippen molar-refractivity contribution in [1.29, 1.82) is 10.5 Å². The average Bonchev–Trinajstić information content (AvgIpc) is 2.86. The summed E-state index contributed by atoms with van der Waals surface area (Å²) in [6.07, 6.45) is 1.39. The molecule has 0 spiro atoms. The zero-order chi connectivity index (χ0) is 24.5. The Balaban J connectivity index is 1.87. The third-order valence-corrected chi connectivity index (χ3v) is 4.78. The summed E-state index contributed by atoms with van der Waals surface area (Å²) in [5.41, 5.74) is 1.39. The Morgan fingerprint density at radius 3 is 2.53 bits per heavy atom. The lowest BCUT2D eigenvalue weighted by Crippen LogP contribution is -2.03. The third kappa shape index (κ3) is 5.64. The smallest absolute Gasteiger partial charge is 0.270 e. The Hall–Kier alpha value is -4.95. The first kappa shape index (κ1) is 23.7. The van der Waals surface area contributed by atoms with E-state index < -0.39 is 10.7 Å². The van der Waals surface area contributed by atoms with Crippen molar-refractivity contribution in [2.24, 2.45) is 0 Å². The number of nitro benzene ring substituents is 1. The zero-order valence-electron chi connectivity index (χ0n) is 18.2. The van der Waals surface area contributed by atoms with Crippen molar-refractivity contribution in [1.82, 2.24) is 0 Å². The van der Waals surface area contributed by atoms with E-state index in [9.17, 15) is 25.4 Å². The highest BCUT2D eigenvalue weighted by atomic mass is 16.6. The van der Waals surface area contributed by atoms with Crippen LogP contribution in [0.15, 0.2) is 72.3 Å². The molecule has 0 aromatic heterocycles. The minimum atomic E-state index is -0.627. The number of carbonyl (C=O) groups excluding carboxylic acids is 1. The number of Topliss-reactive ketones (excluding diaryl/α,β-unsaturated/α-hetero) is 1. The molecule has 0 N–H and O–H groups in total. The van der Waals surface area contributed by atoms with Crippen molar-refractivity contribution in [3.63, 3.8) is 0 Å². The molecule has 3 aromatic rings. The summed E-state index contributed by atoms with van der Waals surface area (Å²) in [5, 5.41) is 29.8. The fraction of sp³-hybridized carbons (Fsp3) is 0.115. The van der Waals surface area contributed by atoms with E-state index in [0.29, 0.717) is 29.2 Å². The Morgan fingerprint density at radius 2 is 1.82 bits per heavy atom. The van der Waals surface area contributed by atoms with Crippen LogP contribution in [-0.4, -0.2) is 17.3 Å². The van der Waals surface area contributed by atoms with Gasteiger partial charge in [-0.3, -0.25) is 14.9 Å². The van der Waals surface area contributed by atoms with Crippen LogP contribution in [0, 0.1) is 32.8 Å². The number of nitrogens with zero attached hydrogens (tertiary/aromatic N) is 3. The number of ketones is 1. The van der Waals surface area contributed by atoms with Gasteiger partial charge in [0.2, 0.25) is 5.78 Å². The van der Waals surface area contributed by atoms with E-state index in [1.54, 1.807) is 36.4 Å². The van der Waals surface area contributed by atoms with Crippen LogP contribution in [0.4, 0.5) is 5.69 Å². The fourth-order valence-electron chi connectivity index (χ4n) is 3.14. The molecule has 0 radical (unpaired) electrons. The number of non-ortho nitro benzene ring substituents is 1. The van der Waals surface area contributed by atoms with E-state index in [1.807, 2.05) is 19.1 Å². The van der Waals surface area contributed by atoms with Gasteiger partial charge >= 0.3 is 0 Å². The van der Waals surface area contributed by atoms with Crippen LogP contribution >= 0.6 is 0 Å². The number of nitriles is 2. The van der Waals surface area contributed by atoms with Crippen molar-refractivity contribution < 1.29 is 19.2 Å². The lowest BCUT2D eigenvalue weighted by molar-refractivity contribution is -0.384. The van der Waals surface area contributed by atoms with Crippen LogP contribution in [0.1, 0.15) is 34.0 Å². The molecule has 0 amide bonds. The molecule has 0 aliphatic rings. The number of benzene rings is 3. The quantitative estimate of drug-likeness (QED) is 0.143. The summed E-state index contributed by atoms with van der Waals surface area (Å²) >= 11 is 0. The highest BCUT2D eigenvalue weighted by Crippen LogP contribution is 2.31. The first-order chi connectivity index (χ1) is 16.5. The molecule has 34 heavy (non-hydrogen) atoms. The minimum Gasteiger partial charge on any atom is -0.490 e. The normalized spacial score (nSPS) is 10.6. The summed E-state index contributed by atoms with van der Waals surface area (Å²) in [5.74, 6) is 0.221. The molecule has 0 fully saturated rings. The van der Waals surface area contributed by atoms with Crippen LogP contribution in [0.5, 0.6) is 11.5 Å². The number of hydrogen-bond acceptors (Lipinski definition) is 7. The predicted molar refractivity (Wildman–Crippen MR) is 124 cm³/mol. The van der Waals surface area contributed by atoms with E-state index in [2.05, 4.69) is 6.07 Å². The predicted octanol–water partition coefficient (Wildman–Crippen LogP) is 5.23. The molecular formula is C26H19N3O5. The molecule has 0 atom stereocenters. The van der Waals surface area contributed by atoms with Gasteiger partial charge < -0.3 is 9.47 Å². The zero-order valence-corrected chi connectivity index (χ0v) is 18.2. The molecule has 8 heteroatoms. The second-order valence-electron chi connectivity index (χ2n) is 7.00. The van der Waals surface area contributed by atoms with E-state index >= 15 is 0 Å². The van der Waals surface area contributed by atoms with E-state index in [-0.39, 0.29) is 23.4 Å². The largest absolute Gasteiger partial charge is 0.490 e. The molecule has 3 rings (SSSR count). The Morgan fingerprint density at radius 1 is 1.03 bits per heavy atom. The summed E-state index contributed by atoms with van der Waals surface area (Å²) in [4.78, 5) is 23.1. The van der Waals surface area contributed by atoms with Crippen LogP contribution in [0.25, 0.3) is 6.08 Å². The average molecular weight is 453 g/mol. The van der Waals surface area contributed by atoms with Gasteiger partial charge in [0.05, 0.1) is 23.2 Å². The van der Waals surface area contributed by atoms with Gasteiger partial charge in [0, 0.05) is 23.3 Å². The van der Waals surface area contributed by atoms with Crippen molar-refractivity contribution in [2.45, 2.75) is 13.5 Å². The number of nitro groups is 1. The van der Waals surface area contributed by atoms with E-state index in [1.165, 1.54) is 24.3 Å². The molecule has 0 unspecified atom stereocenters. The summed E-state index contributed by atoms with van der Waals surface area (Å²) in [6, 6.07) is 21.2. The maximum atomic E-state index is 12.8. The second-order valence-corrected chi connectivity index (χ2v) is 7.00. The molecule has 0 saturated carbocycles. The van der Waals surface area contributed by atoms with Crippen molar-refractivity contribution in [3.05, 3.63) is 105 Å². The minimum absolute atomic E-state index is 0.0446. The molecule has 3 aromatic carbocycles. The van der Waals surface area contributed by atoms with Gasteiger partial charge in [-0.25, -0.2) is 0 Å². The number of hydrogen-bond donors (Lipinski definition) is 0. The summed E-state index contributed by atoms with van der Waals surface area (Å²) in [6.45, 7) is 2.33. The summed E-state index contributed by atoms with van der Waals surface area (Å²) in [7, 11) is 0. The molecule has 8 nitrogen and oxygen atoms in total. The first-order valence-corrected chi connectivity index (χ1v) is 10.3. The Bertz CT molecular complexity index is 1350. The first-order valence-electron chi connectivity index (χ1n) is 10.3. The highest BCUT2D eigenvalue weighted by Gasteiger charge is 2.16. The monoisotopic (exact) mass is 453 g/mol. The van der Waals surface area contributed by atoms with Gasteiger partial charge in [0.25, 0.3) is 5.69 Å². The van der Waals surface area contributed by atoms with Crippen LogP contribution in [0.2, 0.25) is 0 Å². The maximum absolute atomic E-state index is 12.8. The van der Waals surface area contributed by atoms with E-state index in [4.69, 9.17) is 9.47 Å². The van der Waals surface area contributed by atoms with Gasteiger partial charge in [-0.15, -0.1) is 0 Å². The number of carbonyl (C=O) groups is 1. The second kappa shape index (κ2) is 11.1. The van der Waals surface area contributed by atoms with Crippen LogP contribution in [-0.2, 0) is 6.61 Å². The standard InChI is InChI=1S/C26H19N3O5/c1-2-33-25-13-18(10-11-24(25)34-17-21-7-4-3-6-20(21)15-27)12-22(16-28)26(30)19-8-5-9-23(14-19)29(31)32/h3-14H,2,17H2,1H3/b22-12+. The van der Waals surface area contributed by atoms with Gasteiger partial charge in [0.1, 0.15) is 18.2 Å². The summed E-state index contributed by atoms with van der Waals surface area (Å²) < 4.78 is 11.5. The molecule has 0 heterocycles. The van der Waals surface area contributed by atoms with Gasteiger partial charge in [-0.2, -0.15) is 10.5 Å². The van der Waals surface area contributed by atoms with Gasteiger partial charge in [0.15, 0.2) is 11.5 Å². The van der Waals surface area contributed by atoms with Crippen molar-refractivity contribution in [3.8, 4) is 23.6 Å². The number of allylic oxidation sites excluding steroid dienone is 1. The lowest BCUT2D eigenvalue weighted by Gasteiger charge is -2.13. The maximum Gasteiger partial charge on any atom is 0.270 e. The van der Waals surface area contributed by atoms with E-state index in [0.717, 1.165) is 11.6 Å². The van der Waals surface area contributed by atoms with Crippen LogP contribution < -0.4 is 9.47 Å². The Kier molecular flexibility index (Phi) is 7.72. The van der Waals surface area contributed by atoms with Crippen LogP contribution in [0.3, 0.4) is 0 Å². The highest BCUT2D eigenvalue weighted by molar-refractivity contribution is 6.14. The number of rotatable bonds is 9. The Labute approximate surface area is 196 Å². The molecule has 0 aliphatic carbocycles. The molecule has 0 saturated heterocycles.